The number of imidazole rings is 2. The van der Waals surface area contributed by atoms with Gasteiger partial charge < -0.3 is 29.2 Å². The fraction of sp³-hybridized carbons (Fsp3) is 0.451. The molecule has 0 radical (unpaired) electrons. The lowest BCUT2D eigenvalue weighted by Gasteiger charge is -2.34. The SMILES string of the molecule is COC(=O)NC(C(=O)C1CCC[C@H]1c1nc2cc([C@@H]3CC[C@@H](c4ccc5[nH]c([C@@H]6CCCN6C(=O)C(NC(=O)OC)=C(C)C)nc5c4)N3c3ccc(C(C)(C)C)cc3)ccc2[nH]1)=C(C)C. The Hall–Kier alpha value is -6.44. The van der Waals surface area contributed by atoms with Crippen LogP contribution in [0.5, 0.6) is 0 Å². The molecular weight excluding hydrogens is 821 g/mol. The Kier molecular flexibility index (Phi) is 12.6. The molecule has 0 bridgehead atoms. The number of anilines is 1. The van der Waals surface area contributed by atoms with Crippen molar-refractivity contribution in [2.45, 2.75) is 123 Å². The first kappa shape index (κ1) is 45.1. The number of aromatic nitrogens is 4. The second-order valence-corrected chi connectivity index (χ2v) is 19.3. The first-order chi connectivity index (χ1) is 31.1. The number of H-pyrrole nitrogens is 2. The van der Waals surface area contributed by atoms with Crippen molar-refractivity contribution in [2.75, 3.05) is 25.7 Å². The van der Waals surface area contributed by atoms with Crippen LogP contribution in [0.3, 0.4) is 0 Å². The number of ether oxygens (including phenoxy) is 2. The highest BCUT2D eigenvalue weighted by Gasteiger charge is 2.40. The summed E-state index contributed by atoms with van der Waals surface area (Å²) in [7, 11) is 2.57. The minimum absolute atomic E-state index is 0.00630. The standard InChI is InChI=1S/C51H62N8O6/c1-28(2)43(56-49(62)64-8)45(60)34-12-10-13-35(34)46-52-36-21-15-30(26-38(36)54-46)40-23-24-41(59(40)33-19-17-32(18-20-33)51(5,6)7)31-16-22-37-39(27-31)55-47(53-37)42-14-11-25-58(42)48(61)44(29(3)4)57-50(63)65-9/h15-22,26-27,34-35,40-42H,10-14,23-25H2,1-9H3,(H,52,54)(H,53,55)(H,56,62)(H,57,63)/t34?,35-,40+,41+,42+/m1/s1. The van der Waals surface area contributed by atoms with E-state index in [0.717, 1.165) is 101 Å². The molecule has 0 spiro atoms. The Morgan fingerprint density at radius 3 is 1.77 bits per heavy atom. The summed E-state index contributed by atoms with van der Waals surface area (Å²) in [5.41, 5.74) is 10.2. The molecule has 2 aromatic heterocycles. The van der Waals surface area contributed by atoms with Crippen molar-refractivity contribution < 1.29 is 28.7 Å². The number of carbonyl (C=O) groups is 4. The summed E-state index contributed by atoms with van der Waals surface area (Å²) in [4.78, 5) is 73.7. The van der Waals surface area contributed by atoms with Gasteiger partial charge in [0.25, 0.3) is 5.91 Å². The minimum atomic E-state index is -0.681. The van der Waals surface area contributed by atoms with Crippen LogP contribution < -0.4 is 15.5 Å². The summed E-state index contributed by atoms with van der Waals surface area (Å²) < 4.78 is 9.61. The maximum atomic E-state index is 13.9. The average Bonchev–Trinajstić information content (AvgIpc) is 4.14. The number of methoxy groups -OCH3 is 2. The van der Waals surface area contributed by atoms with Gasteiger partial charge in [0, 0.05) is 24.1 Å². The number of alkyl carbamates (subject to hydrolysis) is 2. The molecule has 3 fully saturated rings. The Labute approximate surface area is 380 Å². The number of nitrogens with one attached hydrogen (secondary N) is 4. The third kappa shape index (κ3) is 8.99. The van der Waals surface area contributed by atoms with Crippen LogP contribution in [0.4, 0.5) is 15.3 Å². The summed E-state index contributed by atoms with van der Waals surface area (Å²) in [5, 5.41) is 5.29. The average molecular weight is 883 g/mol. The molecule has 2 aliphatic heterocycles. The monoisotopic (exact) mass is 882 g/mol. The maximum absolute atomic E-state index is 13.9. The number of ketones is 1. The molecule has 1 aliphatic carbocycles. The highest BCUT2D eigenvalue weighted by atomic mass is 16.5. The van der Waals surface area contributed by atoms with Gasteiger partial charge in [-0.3, -0.25) is 20.2 Å². The van der Waals surface area contributed by atoms with E-state index in [4.69, 9.17) is 19.4 Å². The predicted molar refractivity (Wildman–Crippen MR) is 251 cm³/mol. The van der Waals surface area contributed by atoms with E-state index < -0.39 is 12.2 Å². The van der Waals surface area contributed by atoms with Crippen LogP contribution in [0.15, 0.2) is 83.2 Å². The van der Waals surface area contributed by atoms with E-state index in [1.54, 1.807) is 18.7 Å². The lowest BCUT2D eigenvalue weighted by atomic mass is 9.87. The number of hydrogen-bond donors (Lipinski definition) is 4. The number of carbonyl (C=O) groups excluding carboxylic acids is 4. The number of allylic oxidation sites excluding steroid dienone is 3. The van der Waals surface area contributed by atoms with E-state index in [0.29, 0.717) is 17.8 Å². The zero-order valence-electron chi connectivity index (χ0n) is 39.1. The molecule has 14 heteroatoms. The van der Waals surface area contributed by atoms with Crippen molar-refractivity contribution in [3.05, 3.63) is 112 Å². The second kappa shape index (κ2) is 18.2. The van der Waals surface area contributed by atoms with E-state index in [1.807, 2.05) is 13.8 Å². The zero-order valence-corrected chi connectivity index (χ0v) is 39.1. The summed E-state index contributed by atoms with van der Waals surface area (Å²) in [6, 6.07) is 21.8. The number of likely N-dealkylation sites (tertiary alicyclic amines) is 1. The van der Waals surface area contributed by atoms with Gasteiger partial charge in [-0.2, -0.15) is 0 Å². The molecule has 4 N–H and O–H groups in total. The van der Waals surface area contributed by atoms with Crippen molar-refractivity contribution in [1.82, 2.24) is 35.5 Å². The molecule has 342 valence electrons. The maximum Gasteiger partial charge on any atom is 0.411 e. The fourth-order valence-corrected chi connectivity index (χ4v) is 10.1. The van der Waals surface area contributed by atoms with Gasteiger partial charge in [-0.15, -0.1) is 0 Å². The molecule has 8 rings (SSSR count). The van der Waals surface area contributed by atoms with Gasteiger partial charge in [-0.05, 0) is 136 Å². The Balaban J connectivity index is 1.09. The van der Waals surface area contributed by atoms with Gasteiger partial charge in [0.2, 0.25) is 0 Å². The number of fused-ring (bicyclic) bond motifs is 2. The van der Waals surface area contributed by atoms with E-state index in [2.05, 4.69) is 107 Å². The summed E-state index contributed by atoms with van der Waals surface area (Å²) in [6.07, 6.45) is 4.50. The molecule has 3 aromatic carbocycles. The van der Waals surface area contributed by atoms with E-state index in [-0.39, 0.29) is 52.8 Å². The first-order valence-corrected chi connectivity index (χ1v) is 22.8. The van der Waals surface area contributed by atoms with Crippen LogP contribution >= 0.6 is 0 Å². The Bertz CT molecular complexity index is 2540. The van der Waals surface area contributed by atoms with Crippen molar-refractivity contribution in [3.63, 3.8) is 0 Å². The third-order valence-electron chi connectivity index (χ3n) is 13.6. The van der Waals surface area contributed by atoms with Crippen molar-refractivity contribution in [2.24, 2.45) is 5.92 Å². The van der Waals surface area contributed by atoms with Gasteiger partial charge >= 0.3 is 12.2 Å². The van der Waals surface area contributed by atoms with Crippen LogP contribution in [0.25, 0.3) is 22.1 Å². The van der Waals surface area contributed by atoms with E-state index in [9.17, 15) is 19.2 Å². The molecule has 3 amide bonds. The number of amides is 3. The largest absolute Gasteiger partial charge is 0.453 e. The lowest BCUT2D eigenvalue weighted by molar-refractivity contribution is -0.128. The van der Waals surface area contributed by atoms with Gasteiger partial charge in [0.05, 0.1) is 60.1 Å². The van der Waals surface area contributed by atoms with E-state index in [1.165, 1.54) is 19.8 Å². The number of benzene rings is 3. The molecule has 3 aliphatic rings. The zero-order chi connectivity index (χ0) is 46.3. The number of nitrogens with zero attached hydrogens (tertiary/aromatic N) is 4. The molecule has 1 saturated carbocycles. The van der Waals surface area contributed by atoms with Crippen LogP contribution in [0.1, 0.15) is 146 Å². The molecule has 4 heterocycles. The van der Waals surface area contributed by atoms with Crippen LogP contribution in [-0.2, 0) is 24.5 Å². The highest BCUT2D eigenvalue weighted by molar-refractivity contribution is 6.01. The molecule has 65 heavy (non-hydrogen) atoms. The smallest absolute Gasteiger partial charge is 0.411 e. The molecular formula is C51H62N8O6. The highest BCUT2D eigenvalue weighted by Crippen LogP contribution is 2.48. The minimum Gasteiger partial charge on any atom is -0.453 e. The lowest BCUT2D eigenvalue weighted by Crippen LogP contribution is -2.39. The van der Waals surface area contributed by atoms with Crippen LogP contribution in [0, 0.1) is 5.92 Å². The topological polar surface area (TPSA) is 175 Å². The molecule has 5 aromatic rings. The Morgan fingerprint density at radius 1 is 0.662 bits per heavy atom. The molecule has 5 atom stereocenters. The predicted octanol–water partition coefficient (Wildman–Crippen LogP) is 10.2. The second-order valence-electron chi connectivity index (χ2n) is 19.3. The van der Waals surface area contributed by atoms with Gasteiger partial charge in [-0.25, -0.2) is 19.6 Å². The first-order valence-electron chi connectivity index (χ1n) is 22.8. The van der Waals surface area contributed by atoms with Crippen molar-refractivity contribution in [3.8, 4) is 0 Å². The Morgan fingerprint density at radius 2 is 1.22 bits per heavy atom. The number of Topliss-reactive ketones (excluding diaryl/α,β-unsaturated/α-hetero) is 1. The third-order valence-corrected chi connectivity index (χ3v) is 13.6. The number of rotatable bonds is 10. The van der Waals surface area contributed by atoms with Gasteiger partial charge in [0.15, 0.2) is 5.78 Å². The van der Waals surface area contributed by atoms with Crippen molar-refractivity contribution >= 4 is 51.6 Å². The fourth-order valence-electron chi connectivity index (χ4n) is 10.1. The molecule has 1 unspecified atom stereocenters. The van der Waals surface area contributed by atoms with E-state index >= 15 is 0 Å². The quantitative estimate of drug-likeness (QED) is 0.0995. The summed E-state index contributed by atoms with van der Waals surface area (Å²) >= 11 is 0. The van der Waals surface area contributed by atoms with Crippen LogP contribution in [0.2, 0.25) is 0 Å². The van der Waals surface area contributed by atoms with Crippen molar-refractivity contribution in [1.29, 1.82) is 0 Å². The summed E-state index contributed by atoms with van der Waals surface area (Å²) in [6.45, 7) is 14.5. The summed E-state index contributed by atoms with van der Waals surface area (Å²) in [5.74, 6) is 0.760. The number of aromatic amines is 2. The molecule has 14 nitrogen and oxygen atoms in total. The van der Waals surface area contributed by atoms with Gasteiger partial charge in [-0.1, -0.05) is 51.5 Å². The normalized spacial score (nSPS) is 20.8. The van der Waals surface area contributed by atoms with Crippen LogP contribution in [-0.4, -0.2) is 69.5 Å². The van der Waals surface area contributed by atoms with Gasteiger partial charge in [0.1, 0.15) is 17.3 Å². The number of hydrogen-bond acceptors (Lipinski definition) is 9. The molecule has 2 saturated heterocycles.